The van der Waals surface area contributed by atoms with Gasteiger partial charge in [-0.05, 0) is 70.1 Å². The highest BCUT2D eigenvalue weighted by Gasteiger charge is 2.83. The van der Waals surface area contributed by atoms with Gasteiger partial charge in [0.05, 0.1) is 11.5 Å². The van der Waals surface area contributed by atoms with Crippen LogP contribution in [0.1, 0.15) is 80.6 Å². The molecule has 11 atom stereocenters. The van der Waals surface area contributed by atoms with Crippen LogP contribution in [-0.2, 0) is 38.1 Å². The molecule has 1 spiro atoms. The van der Waals surface area contributed by atoms with Gasteiger partial charge in [0.25, 0.3) is 0 Å². The summed E-state index contributed by atoms with van der Waals surface area (Å²) in [6.45, 7) is 12.7. The third-order valence-electron chi connectivity index (χ3n) is 12.0. The van der Waals surface area contributed by atoms with Crippen molar-refractivity contribution in [2.75, 3.05) is 0 Å². The van der Waals surface area contributed by atoms with Crippen LogP contribution in [0.4, 0.5) is 0 Å². The Kier molecular flexibility index (Phi) is 6.53. The van der Waals surface area contributed by atoms with Crippen molar-refractivity contribution in [2.24, 2.45) is 28.6 Å². The molecule has 2 aliphatic heterocycles. The predicted octanol–water partition coefficient (Wildman–Crippen LogP) is 3.92. The average molecular weight is 583 g/mol. The summed E-state index contributed by atoms with van der Waals surface area (Å²) in [6.07, 6.45) is 4.92. The quantitative estimate of drug-likeness (QED) is 0.222. The van der Waals surface area contributed by atoms with Crippen molar-refractivity contribution in [1.82, 2.24) is 0 Å². The van der Waals surface area contributed by atoms with Gasteiger partial charge in [0, 0.05) is 36.7 Å². The first-order valence-corrected chi connectivity index (χ1v) is 15.3. The van der Waals surface area contributed by atoms with Gasteiger partial charge in [0.15, 0.2) is 11.9 Å². The summed E-state index contributed by atoms with van der Waals surface area (Å²) in [5.41, 5.74) is -1.85. The number of carbonyl (C=O) groups excluding carboxylic acids is 4. The Bertz CT molecular complexity index is 1360. The summed E-state index contributed by atoms with van der Waals surface area (Å²) in [5, 5.41) is 13.0. The molecule has 1 N–H and O–H groups in total. The maximum Gasteiger partial charge on any atom is 0.333 e. The Hall–Kier alpha value is -2.78. The first-order chi connectivity index (χ1) is 19.7. The summed E-state index contributed by atoms with van der Waals surface area (Å²) in [4.78, 5) is 51.1. The number of aliphatic hydroxyl groups is 1. The molecule has 228 valence electrons. The molecule has 1 saturated heterocycles. The van der Waals surface area contributed by atoms with Crippen LogP contribution >= 0.6 is 0 Å². The summed E-state index contributed by atoms with van der Waals surface area (Å²) in [6, 6.07) is 0. The van der Waals surface area contributed by atoms with Crippen LogP contribution in [0.15, 0.2) is 34.9 Å². The second-order valence-electron chi connectivity index (χ2n) is 13.7. The van der Waals surface area contributed by atoms with E-state index < -0.39 is 58.3 Å². The van der Waals surface area contributed by atoms with Gasteiger partial charge in [-0.2, -0.15) is 0 Å². The molecule has 42 heavy (non-hydrogen) atoms. The molecular formula is C33H42O9. The molecule has 2 saturated carbocycles. The molecule has 11 unspecified atom stereocenters. The lowest BCUT2D eigenvalue weighted by Gasteiger charge is -2.61. The number of esters is 3. The Balaban J connectivity index is 1.39. The van der Waals surface area contributed by atoms with E-state index in [1.54, 1.807) is 19.9 Å². The zero-order valence-electron chi connectivity index (χ0n) is 25.5. The molecule has 0 aromatic rings. The number of rotatable bonds is 5. The molecule has 9 nitrogen and oxygen atoms in total. The molecule has 6 aliphatic rings. The minimum atomic E-state index is -1.52. The number of cyclic esters (lactones) is 1. The van der Waals surface area contributed by atoms with Gasteiger partial charge >= 0.3 is 17.9 Å². The summed E-state index contributed by atoms with van der Waals surface area (Å²) in [5.74, 6) is -2.30. The highest BCUT2D eigenvalue weighted by atomic mass is 16.7. The van der Waals surface area contributed by atoms with E-state index in [0.717, 1.165) is 11.1 Å². The average Bonchev–Trinajstić information content (AvgIpc) is 3.63. The predicted molar refractivity (Wildman–Crippen MR) is 150 cm³/mol. The molecule has 0 aromatic heterocycles. The fourth-order valence-corrected chi connectivity index (χ4v) is 9.47. The van der Waals surface area contributed by atoms with Gasteiger partial charge < -0.3 is 24.1 Å². The standard InChI is InChI=1S/C33H42O9/c1-8-28(36)41-25-10-9-24(35)31(7)20-11-12-30(6)21(18(4)23-13-16(2)17(3)29(37)40-23)14-26(39-19(5)34)32(30,38)22(20)15-27-33(25,31)42-27/h9-10,14,18,20,22-23,25-27,38H,8,11-13,15H2,1-7H3. The SMILES string of the molecule is CCC(=O)OC1C=CC(=O)C2(C)C3CCC4(C)C(C(C)C5CC(C)=C(C)C(=O)O5)=CC(OC(C)=O)C4(O)C3CC3OC132. The van der Waals surface area contributed by atoms with Crippen molar-refractivity contribution in [1.29, 1.82) is 0 Å². The molecule has 3 fully saturated rings. The van der Waals surface area contributed by atoms with Gasteiger partial charge in [-0.1, -0.05) is 31.9 Å². The van der Waals surface area contributed by atoms with Crippen LogP contribution < -0.4 is 0 Å². The van der Waals surface area contributed by atoms with E-state index in [4.69, 9.17) is 18.9 Å². The first-order valence-electron chi connectivity index (χ1n) is 15.3. The van der Waals surface area contributed by atoms with Gasteiger partial charge in [-0.15, -0.1) is 0 Å². The summed E-state index contributed by atoms with van der Waals surface area (Å²) < 4.78 is 23.9. The van der Waals surface area contributed by atoms with Crippen molar-refractivity contribution in [3.05, 3.63) is 34.9 Å². The number of hydrogen-bond acceptors (Lipinski definition) is 9. The lowest BCUT2D eigenvalue weighted by molar-refractivity contribution is -0.225. The zero-order chi connectivity index (χ0) is 30.6. The lowest BCUT2D eigenvalue weighted by atomic mass is 9.42. The van der Waals surface area contributed by atoms with Crippen molar-refractivity contribution in [3.63, 3.8) is 0 Å². The van der Waals surface area contributed by atoms with Gasteiger partial charge in [0.2, 0.25) is 0 Å². The van der Waals surface area contributed by atoms with E-state index in [-0.39, 0.29) is 36.0 Å². The molecule has 0 bridgehead atoms. The number of epoxide rings is 1. The maximum absolute atomic E-state index is 13.8. The minimum Gasteiger partial charge on any atom is -0.458 e. The fourth-order valence-electron chi connectivity index (χ4n) is 9.47. The molecule has 4 aliphatic carbocycles. The second kappa shape index (κ2) is 9.36. The molecular weight excluding hydrogens is 540 g/mol. The normalized spacial score (nSPS) is 46.0. The number of ketones is 1. The summed E-state index contributed by atoms with van der Waals surface area (Å²) >= 11 is 0. The van der Waals surface area contributed by atoms with Crippen molar-refractivity contribution in [2.45, 2.75) is 116 Å². The summed E-state index contributed by atoms with van der Waals surface area (Å²) in [7, 11) is 0. The molecule has 0 amide bonds. The van der Waals surface area contributed by atoms with Crippen molar-refractivity contribution in [3.8, 4) is 0 Å². The smallest absolute Gasteiger partial charge is 0.333 e. The van der Waals surface area contributed by atoms with E-state index in [1.165, 1.54) is 13.0 Å². The Morgan fingerprint density at radius 3 is 2.50 bits per heavy atom. The second-order valence-corrected chi connectivity index (χ2v) is 13.7. The fraction of sp³-hybridized carbons (Fsp3) is 0.697. The highest BCUT2D eigenvalue weighted by Crippen LogP contribution is 2.74. The van der Waals surface area contributed by atoms with Gasteiger partial charge in [-0.25, -0.2) is 4.79 Å². The largest absolute Gasteiger partial charge is 0.458 e. The van der Waals surface area contributed by atoms with Gasteiger partial charge in [-0.3, -0.25) is 14.4 Å². The Morgan fingerprint density at radius 1 is 1.14 bits per heavy atom. The van der Waals surface area contributed by atoms with Crippen LogP contribution in [0, 0.1) is 28.6 Å². The number of carbonyl (C=O) groups is 4. The lowest BCUT2D eigenvalue weighted by Crippen LogP contribution is -2.70. The zero-order valence-corrected chi connectivity index (χ0v) is 25.5. The number of allylic oxidation sites excluding steroid dienone is 1. The number of hydrogen-bond donors (Lipinski definition) is 1. The van der Waals surface area contributed by atoms with Gasteiger partial charge in [0.1, 0.15) is 23.4 Å². The first kappa shape index (κ1) is 29.3. The monoisotopic (exact) mass is 582 g/mol. The van der Waals surface area contributed by atoms with E-state index in [9.17, 15) is 24.3 Å². The topological polar surface area (TPSA) is 129 Å². The molecule has 6 rings (SSSR count). The van der Waals surface area contributed by atoms with E-state index in [1.807, 2.05) is 33.8 Å². The van der Waals surface area contributed by atoms with Crippen LogP contribution in [0.25, 0.3) is 0 Å². The third kappa shape index (κ3) is 3.55. The molecule has 9 heteroatoms. The van der Waals surface area contributed by atoms with Crippen LogP contribution in [-0.4, -0.2) is 64.4 Å². The molecule has 0 radical (unpaired) electrons. The molecule has 0 aromatic carbocycles. The van der Waals surface area contributed by atoms with Crippen LogP contribution in [0.3, 0.4) is 0 Å². The van der Waals surface area contributed by atoms with Crippen LogP contribution in [0.5, 0.6) is 0 Å². The van der Waals surface area contributed by atoms with E-state index in [2.05, 4.69) is 0 Å². The van der Waals surface area contributed by atoms with E-state index >= 15 is 0 Å². The molecule has 2 heterocycles. The Labute approximate surface area is 246 Å². The number of ether oxygens (including phenoxy) is 4. The Morgan fingerprint density at radius 2 is 1.86 bits per heavy atom. The van der Waals surface area contributed by atoms with E-state index in [0.29, 0.717) is 31.3 Å². The van der Waals surface area contributed by atoms with Crippen molar-refractivity contribution < 1.29 is 43.2 Å². The highest BCUT2D eigenvalue weighted by molar-refractivity contribution is 5.98. The maximum atomic E-state index is 13.8. The minimum absolute atomic E-state index is 0.106. The number of fused-ring (bicyclic) bond motifs is 4. The van der Waals surface area contributed by atoms with Crippen molar-refractivity contribution >= 4 is 23.7 Å². The third-order valence-corrected chi connectivity index (χ3v) is 12.0. The van der Waals surface area contributed by atoms with Crippen LogP contribution in [0.2, 0.25) is 0 Å².